The zero-order valence-corrected chi connectivity index (χ0v) is 72.4. The van der Waals surface area contributed by atoms with Crippen LogP contribution in [0.4, 0.5) is 34.1 Å². The van der Waals surface area contributed by atoms with Gasteiger partial charge in [-0.2, -0.15) is 20.4 Å². The van der Waals surface area contributed by atoms with Crippen molar-refractivity contribution in [3.63, 3.8) is 0 Å². The Labute approximate surface area is 743 Å². The molecule has 0 spiro atoms. The van der Waals surface area contributed by atoms with E-state index in [1.165, 1.54) is 105 Å². The zero-order chi connectivity index (χ0) is 86.8. The van der Waals surface area contributed by atoms with Gasteiger partial charge in [0.25, 0.3) is 0 Å². The van der Waals surface area contributed by atoms with Gasteiger partial charge >= 0.3 is 0 Å². The summed E-state index contributed by atoms with van der Waals surface area (Å²) in [4.78, 5) is 73.2. The minimum Gasteiger partial charge on any atom is -0.397 e. The number of nitrogen functional groups attached to an aromatic ring is 1. The van der Waals surface area contributed by atoms with Gasteiger partial charge in [0.15, 0.2) is 23.3 Å². The molecule has 24 rings (SSSR count). The molecule has 0 saturated carbocycles. The Morgan fingerprint density at radius 1 is 0.349 bits per heavy atom. The number of hydrogen-bond acceptors (Lipinski definition) is 18. The van der Waals surface area contributed by atoms with Crippen LogP contribution in [0.1, 0.15) is 103 Å². The van der Waals surface area contributed by atoms with E-state index in [-0.39, 0.29) is 5.91 Å². The van der Waals surface area contributed by atoms with Crippen LogP contribution in [0, 0.1) is 12.8 Å². The second-order valence-electron chi connectivity index (χ2n) is 34.6. The number of piperidine rings is 4. The molecule has 4 fully saturated rings. The van der Waals surface area contributed by atoms with E-state index < -0.39 is 0 Å². The van der Waals surface area contributed by atoms with Crippen molar-refractivity contribution in [1.29, 1.82) is 0 Å². The molecule has 16 heterocycles. The highest BCUT2D eigenvalue weighted by Gasteiger charge is 2.26. The quantitative estimate of drug-likeness (QED) is 0.0456. The predicted octanol–water partition coefficient (Wildman–Crippen LogP) is 21.5. The average molecular weight is 1710 g/mol. The molecule has 20 aromatic rings. The number of nitrogens with one attached hydrogen (secondary N) is 9. The Kier molecular flexibility index (Phi) is 22.2. The fourth-order valence-electron chi connectivity index (χ4n) is 18.7. The number of rotatable bonds is 15. The van der Waals surface area contributed by atoms with E-state index in [1.807, 2.05) is 93.4 Å². The minimum absolute atomic E-state index is 0.00432. The van der Waals surface area contributed by atoms with Gasteiger partial charge in [-0.1, -0.05) is 68.4 Å². The monoisotopic (exact) mass is 1700 g/mol. The van der Waals surface area contributed by atoms with E-state index in [0.717, 1.165) is 231 Å². The number of nitrogens with two attached hydrogens (primary N) is 1. The molecule has 27 nitrogen and oxygen atoms in total. The maximum absolute atomic E-state index is 12.2. The fraction of sp³-hybridized carbons (Fsp3) is 0.245. The number of nitrogens with zero attached hydrogens (tertiary/aromatic N) is 16. The molecule has 0 bridgehead atoms. The molecule has 4 aliphatic heterocycles. The highest BCUT2D eigenvalue weighted by molar-refractivity contribution is 6.03. The number of pyridine rings is 4. The molecule has 27 heteroatoms. The number of aromatic amines is 8. The molecule has 11 N–H and O–H groups in total. The number of aromatic nitrogens is 20. The second-order valence-corrected chi connectivity index (χ2v) is 34.6. The zero-order valence-electron chi connectivity index (χ0n) is 72.4. The molecule has 644 valence electrons. The number of anilines is 6. The van der Waals surface area contributed by atoms with Gasteiger partial charge in [0, 0.05) is 146 Å². The number of fused-ring (bicyclic) bond motifs is 8. The van der Waals surface area contributed by atoms with Crippen LogP contribution in [0.15, 0.2) is 225 Å². The highest BCUT2D eigenvalue weighted by Crippen LogP contribution is 2.41. The molecule has 4 saturated heterocycles. The third-order valence-corrected chi connectivity index (χ3v) is 25.3. The number of carbonyl (C=O) groups is 1. The summed E-state index contributed by atoms with van der Waals surface area (Å²) < 4.78 is 0. The molecular formula is C102H100N26O. The van der Waals surface area contributed by atoms with Gasteiger partial charge < -0.3 is 50.6 Å². The average Bonchev–Trinajstić information content (AvgIpc) is 1.63. The first kappa shape index (κ1) is 80.7. The van der Waals surface area contributed by atoms with Crippen molar-refractivity contribution >= 4 is 128 Å². The number of benzene rings is 8. The second kappa shape index (κ2) is 35.5. The topological polar surface area (TPSA) is 349 Å². The molecule has 8 aromatic carbocycles. The van der Waals surface area contributed by atoms with Gasteiger partial charge in [-0.25, -0.2) is 19.9 Å². The first-order chi connectivity index (χ1) is 63.4. The number of para-hydroxylation sites is 4. The van der Waals surface area contributed by atoms with Crippen molar-refractivity contribution in [3.8, 4) is 90.6 Å². The van der Waals surface area contributed by atoms with Crippen molar-refractivity contribution in [1.82, 2.24) is 101 Å². The van der Waals surface area contributed by atoms with Gasteiger partial charge in [-0.3, -0.25) is 45.1 Å². The fourth-order valence-corrected chi connectivity index (χ4v) is 18.7. The predicted molar refractivity (Wildman–Crippen MR) is 519 cm³/mol. The Balaban J connectivity index is 0.000000105. The summed E-state index contributed by atoms with van der Waals surface area (Å²) in [6.07, 6.45) is 30.0. The third-order valence-electron chi connectivity index (χ3n) is 25.3. The summed E-state index contributed by atoms with van der Waals surface area (Å²) in [6.45, 7) is 14.9. The Morgan fingerprint density at radius 3 is 1.08 bits per heavy atom. The molecule has 129 heavy (non-hydrogen) atoms. The summed E-state index contributed by atoms with van der Waals surface area (Å²) in [5.41, 5.74) is 37.0. The SMILES string of the molecule is CC(C)CC(=O)Nc1cncc(-c2ccc3[nH]nc(-c4nc5c(N6CCCCC6)cccc5[nH]4)c3c2)c1.Cc1ccncc1-c1ccc2[nH]nc(-c3nc4c(N5CCCCC5)cccc4[nH]3)c2c1.Nc1cncc(-c2ccc3[nH]nc(-c4nc5c(N6CCCCC6)cccc5[nH]4)c3c2)c1.c1cncc(-c2ccc3[nH]nc(-c4nc5c(N6CCCCC6)cccc5[nH]4)c3c2)c1. The summed E-state index contributed by atoms with van der Waals surface area (Å²) in [7, 11) is 0. The number of amides is 1. The van der Waals surface area contributed by atoms with E-state index in [2.05, 4.69) is 240 Å². The van der Waals surface area contributed by atoms with Gasteiger partial charge in [0.2, 0.25) is 5.91 Å². The van der Waals surface area contributed by atoms with Crippen LogP contribution in [0.3, 0.4) is 0 Å². The lowest BCUT2D eigenvalue weighted by molar-refractivity contribution is -0.116. The number of hydrogen-bond donors (Lipinski definition) is 10. The van der Waals surface area contributed by atoms with E-state index in [1.54, 1.807) is 18.6 Å². The van der Waals surface area contributed by atoms with Crippen molar-refractivity contribution in [2.75, 3.05) is 83.0 Å². The molecule has 0 unspecified atom stereocenters. The standard InChI is InChI=1S/C29H31N7O.C25H24N6.C24H23N7.C24H22N6/c1-18(2)13-26(37)31-21-14-20(16-30-17-21)19-9-10-23-22(15-19)27(35-34-23)29-32-24-7-6-8-25(28(24)33-29)36-11-4-3-5-12-36;1-16-10-11-26-15-19(16)17-8-9-20-18(14-17)23(30-29-20)25-27-21-6-5-7-22(24(21)28-25)31-12-3-2-4-13-31;25-17-11-16(13-26-14-17)15-7-8-19-18(12-15)22(30-29-19)24-27-20-5-4-6-21(23(20)28-24)31-9-2-1-3-10-31;1-2-12-30(13-3-1)21-8-4-7-20-23(21)27-24(26-20)22-18-14-16(9-10-19(18)28-29-22)17-6-5-11-25-15-17/h6-10,14-18H,3-5,11-13H2,1-2H3,(H,31,37)(H,32,33)(H,34,35);5-11,14-15H,2-4,12-13H2,1H3,(H,27,28)(H,29,30);4-8,11-14H,1-3,9-10,25H2,(H,27,28)(H,29,30);4-11,14-15H,1-3,12-13H2,(H,26,27)(H,28,29). The van der Waals surface area contributed by atoms with Crippen molar-refractivity contribution in [2.45, 2.75) is 104 Å². The third kappa shape index (κ3) is 16.6. The van der Waals surface area contributed by atoms with Crippen LogP contribution in [-0.2, 0) is 4.79 Å². The Morgan fingerprint density at radius 2 is 0.705 bits per heavy atom. The van der Waals surface area contributed by atoms with E-state index in [4.69, 9.17) is 25.7 Å². The Hall–Kier alpha value is -15.4. The maximum atomic E-state index is 12.2. The van der Waals surface area contributed by atoms with Crippen LogP contribution in [0.5, 0.6) is 0 Å². The number of carbonyl (C=O) groups excluding carboxylic acids is 1. The van der Waals surface area contributed by atoms with E-state index >= 15 is 0 Å². The van der Waals surface area contributed by atoms with Crippen LogP contribution in [0.2, 0.25) is 0 Å². The van der Waals surface area contributed by atoms with Crippen LogP contribution in [-0.4, -0.2) is 159 Å². The normalized spacial score (nSPS) is 14.4. The smallest absolute Gasteiger partial charge is 0.224 e. The van der Waals surface area contributed by atoms with Crippen molar-refractivity contribution in [3.05, 3.63) is 231 Å². The summed E-state index contributed by atoms with van der Waals surface area (Å²) >= 11 is 0. The van der Waals surface area contributed by atoms with Gasteiger partial charge in [-0.15, -0.1) is 0 Å². The van der Waals surface area contributed by atoms with Crippen molar-refractivity contribution in [2.24, 2.45) is 5.92 Å². The molecular weight excluding hydrogens is 1610 g/mol. The lowest BCUT2D eigenvalue weighted by Gasteiger charge is -2.28. The number of imidazole rings is 4. The highest BCUT2D eigenvalue weighted by atomic mass is 16.1. The maximum Gasteiger partial charge on any atom is 0.224 e. The summed E-state index contributed by atoms with van der Waals surface area (Å²) in [5, 5.41) is 38.1. The number of aryl methyl sites for hydroxylation is 1. The molecule has 12 aromatic heterocycles. The lowest BCUT2D eigenvalue weighted by Crippen LogP contribution is -2.29. The van der Waals surface area contributed by atoms with Gasteiger partial charge in [-0.05, 0) is 239 Å². The van der Waals surface area contributed by atoms with Crippen LogP contribution < -0.4 is 30.7 Å². The molecule has 0 radical (unpaired) electrons. The minimum atomic E-state index is -0.00432. The molecule has 0 atom stereocenters. The van der Waals surface area contributed by atoms with Gasteiger partial charge in [0.05, 0.1) is 84.5 Å². The Bertz CT molecular complexity index is 7440. The summed E-state index contributed by atoms with van der Waals surface area (Å²) in [5.74, 6) is 3.40. The molecule has 4 aliphatic rings. The van der Waals surface area contributed by atoms with E-state index in [0.29, 0.717) is 23.7 Å². The van der Waals surface area contributed by atoms with Crippen molar-refractivity contribution < 1.29 is 4.79 Å². The van der Waals surface area contributed by atoms with E-state index in [9.17, 15) is 4.79 Å². The molecule has 1 amide bonds. The van der Waals surface area contributed by atoms with Crippen LogP contribution >= 0.6 is 0 Å². The molecule has 0 aliphatic carbocycles. The van der Waals surface area contributed by atoms with Gasteiger partial charge in [0.1, 0.15) is 44.8 Å². The lowest BCUT2D eigenvalue weighted by atomic mass is 10.0. The van der Waals surface area contributed by atoms with Crippen LogP contribution in [0.25, 0.3) is 178 Å². The first-order valence-electron chi connectivity index (χ1n) is 45.1. The first-order valence-corrected chi connectivity index (χ1v) is 45.1. The number of H-pyrrole nitrogens is 8. The largest absolute Gasteiger partial charge is 0.397 e. The summed E-state index contributed by atoms with van der Waals surface area (Å²) in [6, 6.07) is 60.4.